The number of benzene rings is 3. The summed E-state index contributed by atoms with van der Waals surface area (Å²) < 4.78 is 6.96. The minimum atomic E-state index is -0.540. The topological polar surface area (TPSA) is 145 Å². The van der Waals surface area contributed by atoms with E-state index in [2.05, 4.69) is 20.8 Å². The Morgan fingerprint density at radius 2 is 1.66 bits per heavy atom. The molecule has 2 amide bonds. The molecular formula is C28H24N6O4. The van der Waals surface area contributed by atoms with Crippen molar-refractivity contribution in [3.05, 3.63) is 96.3 Å². The number of primary amides is 1. The van der Waals surface area contributed by atoms with Crippen molar-refractivity contribution in [1.82, 2.24) is 14.7 Å². The number of hydrogen-bond acceptors (Lipinski definition) is 7. The number of aromatic nitrogens is 3. The SMILES string of the molecule is NC(=O)CCn1c(NC(=O)c2cc(-c3ccccc3)no2)nc2cc(NCC(=O)c3ccccc3)ccc21. The number of carbonyl (C=O) groups excluding carboxylic acids is 3. The molecule has 190 valence electrons. The fraction of sp³-hybridized carbons (Fsp3) is 0.107. The molecule has 5 aromatic rings. The van der Waals surface area contributed by atoms with Crippen molar-refractivity contribution in [2.75, 3.05) is 17.2 Å². The average molecular weight is 509 g/mol. The summed E-state index contributed by atoms with van der Waals surface area (Å²) in [6, 6.07) is 25.3. The van der Waals surface area contributed by atoms with Crippen LogP contribution in [0.15, 0.2) is 89.5 Å². The second kappa shape index (κ2) is 10.8. The summed E-state index contributed by atoms with van der Waals surface area (Å²) in [4.78, 5) is 41.5. The summed E-state index contributed by atoms with van der Waals surface area (Å²) in [6.07, 6.45) is 0.0559. The molecule has 0 saturated heterocycles. The number of anilines is 2. The molecule has 2 heterocycles. The van der Waals surface area contributed by atoms with E-state index in [0.717, 1.165) is 5.56 Å². The van der Waals surface area contributed by atoms with Crippen LogP contribution in [-0.2, 0) is 11.3 Å². The normalized spacial score (nSPS) is 10.8. The summed E-state index contributed by atoms with van der Waals surface area (Å²) in [6.45, 7) is 0.323. The van der Waals surface area contributed by atoms with Gasteiger partial charge in [0.25, 0.3) is 5.91 Å². The number of imidazole rings is 1. The lowest BCUT2D eigenvalue weighted by Crippen LogP contribution is -2.18. The molecular weight excluding hydrogens is 484 g/mol. The van der Waals surface area contributed by atoms with E-state index in [1.165, 1.54) is 0 Å². The van der Waals surface area contributed by atoms with Crippen LogP contribution < -0.4 is 16.4 Å². The average Bonchev–Trinajstić information content (AvgIpc) is 3.56. The molecule has 5 rings (SSSR count). The minimum Gasteiger partial charge on any atom is -0.378 e. The first-order chi connectivity index (χ1) is 18.5. The number of ketones is 1. The summed E-state index contributed by atoms with van der Waals surface area (Å²) in [5.41, 5.74) is 9.25. The Balaban J connectivity index is 1.37. The highest BCUT2D eigenvalue weighted by molar-refractivity contribution is 6.03. The third-order valence-electron chi connectivity index (χ3n) is 5.91. The van der Waals surface area contributed by atoms with Gasteiger partial charge < -0.3 is 20.1 Å². The van der Waals surface area contributed by atoms with Crippen molar-refractivity contribution in [3.8, 4) is 11.3 Å². The largest absolute Gasteiger partial charge is 0.378 e. The van der Waals surface area contributed by atoms with Crippen molar-refractivity contribution in [2.45, 2.75) is 13.0 Å². The van der Waals surface area contributed by atoms with Crippen LogP contribution in [0.4, 0.5) is 11.6 Å². The van der Waals surface area contributed by atoms with Gasteiger partial charge in [0.2, 0.25) is 17.6 Å². The van der Waals surface area contributed by atoms with Gasteiger partial charge in [-0.3, -0.25) is 19.7 Å². The molecule has 0 unspecified atom stereocenters. The summed E-state index contributed by atoms with van der Waals surface area (Å²) in [5.74, 6) is -0.833. The van der Waals surface area contributed by atoms with Gasteiger partial charge in [0.1, 0.15) is 5.69 Å². The van der Waals surface area contributed by atoms with Crippen LogP contribution in [0, 0.1) is 0 Å². The van der Waals surface area contributed by atoms with E-state index in [0.29, 0.717) is 28.0 Å². The second-order valence-corrected chi connectivity index (χ2v) is 8.55. The molecule has 0 aliphatic heterocycles. The predicted octanol–water partition coefficient (Wildman–Crippen LogP) is 4.11. The van der Waals surface area contributed by atoms with E-state index in [1.807, 2.05) is 48.5 Å². The highest BCUT2D eigenvalue weighted by Gasteiger charge is 2.19. The lowest BCUT2D eigenvalue weighted by atomic mass is 10.1. The number of nitrogens with two attached hydrogens (primary N) is 1. The summed E-state index contributed by atoms with van der Waals surface area (Å²) in [5, 5.41) is 9.85. The lowest BCUT2D eigenvalue weighted by Gasteiger charge is -2.09. The number of carbonyl (C=O) groups is 3. The predicted molar refractivity (Wildman–Crippen MR) is 143 cm³/mol. The van der Waals surface area contributed by atoms with Crippen LogP contribution >= 0.6 is 0 Å². The third kappa shape index (κ3) is 5.44. The van der Waals surface area contributed by atoms with Gasteiger partial charge in [0.05, 0.1) is 17.6 Å². The molecule has 0 spiro atoms. The van der Waals surface area contributed by atoms with Crippen molar-refractivity contribution < 1.29 is 18.9 Å². The van der Waals surface area contributed by atoms with E-state index in [4.69, 9.17) is 10.3 Å². The molecule has 0 atom stereocenters. The fourth-order valence-corrected chi connectivity index (χ4v) is 3.98. The van der Waals surface area contributed by atoms with Crippen LogP contribution in [0.25, 0.3) is 22.3 Å². The quantitative estimate of drug-likeness (QED) is 0.241. The molecule has 0 fully saturated rings. The molecule has 10 heteroatoms. The van der Waals surface area contributed by atoms with Crippen molar-refractivity contribution in [1.29, 1.82) is 0 Å². The first-order valence-corrected chi connectivity index (χ1v) is 11.9. The summed E-state index contributed by atoms with van der Waals surface area (Å²) >= 11 is 0. The van der Waals surface area contributed by atoms with Gasteiger partial charge in [0, 0.05) is 35.8 Å². The molecule has 0 radical (unpaired) electrons. The van der Waals surface area contributed by atoms with Gasteiger partial charge >= 0.3 is 0 Å². The standard InChI is InChI=1S/C28H24N6O4/c29-26(36)13-14-34-23-12-11-20(30-17-24(35)19-9-5-2-6-10-19)15-22(23)31-28(34)32-27(37)25-16-21(33-38-25)18-7-3-1-4-8-18/h1-12,15-16,30H,13-14,17H2,(H2,29,36)(H,31,32,37). The zero-order valence-electron chi connectivity index (χ0n) is 20.3. The second-order valence-electron chi connectivity index (χ2n) is 8.55. The first kappa shape index (κ1) is 24.4. The van der Waals surface area contributed by atoms with Crippen LogP contribution in [-0.4, -0.2) is 38.9 Å². The fourth-order valence-electron chi connectivity index (χ4n) is 3.98. The Hall–Kier alpha value is -5.25. The Morgan fingerprint density at radius 1 is 0.921 bits per heavy atom. The van der Waals surface area contributed by atoms with Crippen molar-refractivity contribution in [2.24, 2.45) is 5.73 Å². The van der Waals surface area contributed by atoms with Gasteiger partial charge in [-0.15, -0.1) is 0 Å². The number of nitrogens with one attached hydrogen (secondary N) is 2. The van der Waals surface area contributed by atoms with Crippen LogP contribution in [0.1, 0.15) is 27.3 Å². The Kier molecular flexibility index (Phi) is 6.94. The first-order valence-electron chi connectivity index (χ1n) is 11.9. The van der Waals surface area contributed by atoms with Gasteiger partial charge in [-0.25, -0.2) is 4.98 Å². The summed E-state index contributed by atoms with van der Waals surface area (Å²) in [7, 11) is 0. The number of rotatable bonds is 10. The maximum atomic E-state index is 13.0. The van der Waals surface area contributed by atoms with E-state index in [9.17, 15) is 14.4 Å². The maximum absolute atomic E-state index is 13.0. The lowest BCUT2D eigenvalue weighted by molar-refractivity contribution is -0.118. The molecule has 38 heavy (non-hydrogen) atoms. The van der Waals surface area contributed by atoms with Gasteiger partial charge in [-0.05, 0) is 18.2 Å². The van der Waals surface area contributed by atoms with Gasteiger partial charge in [-0.1, -0.05) is 65.8 Å². The molecule has 2 aromatic heterocycles. The number of fused-ring (bicyclic) bond motifs is 1. The van der Waals surface area contributed by atoms with E-state index < -0.39 is 11.8 Å². The van der Waals surface area contributed by atoms with Crippen molar-refractivity contribution >= 4 is 40.3 Å². The van der Waals surface area contributed by atoms with Crippen LogP contribution in [0.5, 0.6) is 0 Å². The van der Waals surface area contributed by atoms with Gasteiger partial charge in [0.15, 0.2) is 5.78 Å². The molecule has 0 bridgehead atoms. The zero-order chi connectivity index (χ0) is 26.5. The van der Waals surface area contributed by atoms with Crippen molar-refractivity contribution in [3.63, 3.8) is 0 Å². The Morgan fingerprint density at radius 3 is 2.39 bits per heavy atom. The molecule has 0 aliphatic carbocycles. The number of hydrogen-bond donors (Lipinski definition) is 3. The van der Waals surface area contributed by atoms with E-state index >= 15 is 0 Å². The maximum Gasteiger partial charge on any atom is 0.296 e. The Bertz CT molecular complexity index is 1610. The van der Waals surface area contributed by atoms with Crippen LogP contribution in [0.3, 0.4) is 0 Å². The molecule has 4 N–H and O–H groups in total. The van der Waals surface area contributed by atoms with Gasteiger partial charge in [-0.2, -0.15) is 0 Å². The van der Waals surface area contributed by atoms with E-state index in [1.54, 1.807) is 41.0 Å². The highest BCUT2D eigenvalue weighted by Crippen LogP contribution is 2.25. The molecule has 10 nitrogen and oxygen atoms in total. The van der Waals surface area contributed by atoms with E-state index in [-0.39, 0.29) is 37.0 Å². The number of aryl methyl sites for hydroxylation is 1. The zero-order valence-corrected chi connectivity index (χ0v) is 20.3. The Labute approximate surface area is 217 Å². The number of Topliss-reactive ketones (excluding diaryl/α,β-unsaturated/α-hetero) is 1. The van der Waals surface area contributed by atoms with Crippen LogP contribution in [0.2, 0.25) is 0 Å². The molecule has 3 aromatic carbocycles. The minimum absolute atomic E-state index is 0.0131. The number of nitrogens with zero attached hydrogens (tertiary/aromatic N) is 3. The highest BCUT2D eigenvalue weighted by atomic mass is 16.5. The number of amides is 2. The molecule has 0 saturated carbocycles. The molecule has 0 aliphatic rings. The smallest absolute Gasteiger partial charge is 0.296 e. The third-order valence-corrected chi connectivity index (χ3v) is 5.91. The monoisotopic (exact) mass is 508 g/mol.